The van der Waals surface area contributed by atoms with Crippen LogP contribution in [0.4, 0.5) is 0 Å². The highest BCUT2D eigenvalue weighted by Crippen LogP contribution is 2.41. The molecule has 0 bridgehead atoms. The molecule has 1 atom stereocenters. The highest BCUT2D eigenvalue weighted by atomic mass is 16.5. The average Bonchev–Trinajstić information content (AvgIpc) is 3.10. The van der Waals surface area contributed by atoms with Gasteiger partial charge in [0.05, 0.1) is 11.0 Å². The Kier molecular flexibility index (Phi) is 4.56. The molecule has 4 rings (SSSR count). The molecule has 1 spiro atoms. The first-order valence-corrected chi connectivity index (χ1v) is 9.46. The summed E-state index contributed by atoms with van der Waals surface area (Å²) < 4.78 is 5.43. The molecule has 3 aliphatic heterocycles. The van der Waals surface area contributed by atoms with Crippen LogP contribution in [0.15, 0.2) is 23.1 Å². The van der Waals surface area contributed by atoms with E-state index >= 15 is 0 Å². The first-order chi connectivity index (χ1) is 12.6. The van der Waals surface area contributed by atoms with Gasteiger partial charge in [-0.25, -0.2) is 0 Å². The first kappa shape index (κ1) is 17.3. The van der Waals surface area contributed by atoms with Gasteiger partial charge in [0.2, 0.25) is 11.5 Å². The molecule has 0 saturated carbocycles. The second-order valence-electron chi connectivity index (χ2n) is 7.64. The van der Waals surface area contributed by atoms with E-state index in [2.05, 4.69) is 9.88 Å². The predicted molar refractivity (Wildman–Crippen MR) is 94.8 cm³/mol. The summed E-state index contributed by atoms with van der Waals surface area (Å²) in [5.74, 6) is 0.0986. The molecule has 0 unspecified atom stereocenters. The van der Waals surface area contributed by atoms with Crippen molar-refractivity contribution in [2.75, 3.05) is 32.8 Å². The standard InChI is InChI=1S/C19H25N3O4/c23-16-3-2-14(12-20-16)17(24)21-9-7-19(13-21)6-1-8-22(18(19)25)15-4-10-26-11-5-15/h2-3,12,15H,1,4-11,13H2,(H,20,23)/t19-/m0/s1. The van der Waals surface area contributed by atoms with Crippen molar-refractivity contribution < 1.29 is 14.3 Å². The summed E-state index contributed by atoms with van der Waals surface area (Å²) >= 11 is 0. The van der Waals surface area contributed by atoms with Crippen LogP contribution in [-0.2, 0) is 9.53 Å². The van der Waals surface area contributed by atoms with Crippen molar-refractivity contribution in [3.8, 4) is 0 Å². The van der Waals surface area contributed by atoms with Gasteiger partial charge in [-0.3, -0.25) is 14.4 Å². The fraction of sp³-hybridized carbons (Fsp3) is 0.632. The van der Waals surface area contributed by atoms with Gasteiger partial charge in [0.15, 0.2) is 0 Å². The van der Waals surface area contributed by atoms with Crippen LogP contribution in [0.5, 0.6) is 0 Å². The maximum atomic E-state index is 13.3. The van der Waals surface area contributed by atoms with Crippen molar-refractivity contribution in [3.05, 3.63) is 34.2 Å². The number of carbonyl (C=O) groups is 2. The van der Waals surface area contributed by atoms with Gasteiger partial charge in [-0.15, -0.1) is 0 Å². The van der Waals surface area contributed by atoms with Crippen molar-refractivity contribution >= 4 is 11.8 Å². The van der Waals surface area contributed by atoms with E-state index in [9.17, 15) is 14.4 Å². The number of pyridine rings is 1. The minimum atomic E-state index is -0.436. The molecule has 0 radical (unpaired) electrons. The van der Waals surface area contributed by atoms with E-state index in [1.54, 1.807) is 11.0 Å². The third-order valence-electron chi connectivity index (χ3n) is 6.07. The van der Waals surface area contributed by atoms with Gasteiger partial charge in [0.1, 0.15) is 0 Å². The van der Waals surface area contributed by atoms with E-state index in [-0.39, 0.29) is 23.4 Å². The van der Waals surface area contributed by atoms with E-state index in [0.717, 1.165) is 51.9 Å². The largest absolute Gasteiger partial charge is 0.381 e. The average molecular weight is 359 g/mol. The van der Waals surface area contributed by atoms with E-state index in [1.165, 1.54) is 12.3 Å². The molecule has 3 saturated heterocycles. The number of amides is 2. The monoisotopic (exact) mass is 359 g/mol. The molecule has 2 amide bonds. The normalized spacial score (nSPS) is 27.3. The molecule has 7 heteroatoms. The topological polar surface area (TPSA) is 82.7 Å². The highest BCUT2D eigenvalue weighted by Gasteiger charge is 2.50. The van der Waals surface area contributed by atoms with Gasteiger partial charge in [0, 0.05) is 51.2 Å². The summed E-state index contributed by atoms with van der Waals surface area (Å²) in [5.41, 5.74) is -0.200. The zero-order chi connectivity index (χ0) is 18.1. The lowest BCUT2D eigenvalue weighted by Crippen LogP contribution is -2.55. The quantitative estimate of drug-likeness (QED) is 0.854. The zero-order valence-corrected chi connectivity index (χ0v) is 14.9. The Balaban J connectivity index is 1.48. The number of rotatable bonds is 2. The first-order valence-electron chi connectivity index (χ1n) is 9.46. The molecule has 26 heavy (non-hydrogen) atoms. The van der Waals surface area contributed by atoms with Gasteiger partial charge in [-0.1, -0.05) is 0 Å². The fourth-order valence-electron chi connectivity index (χ4n) is 4.60. The third-order valence-corrected chi connectivity index (χ3v) is 6.07. The Morgan fingerprint density at radius 1 is 1.15 bits per heavy atom. The molecule has 4 heterocycles. The van der Waals surface area contributed by atoms with Gasteiger partial charge >= 0.3 is 0 Å². The molecule has 1 N–H and O–H groups in total. The zero-order valence-electron chi connectivity index (χ0n) is 14.9. The second-order valence-corrected chi connectivity index (χ2v) is 7.64. The number of aromatic amines is 1. The Hall–Kier alpha value is -2.15. The number of hydrogen-bond donors (Lipinski definition) is 1. The molecule has 1 aromatic rings. The number of carbonyl (C=O) groups excluding carboxylic acids is 2. The number of piperidine rings is 1. The van der Waals surface area contributed by atoms with E-state index in [0.29, 0.717) is 18.7 Å². The molecule has 0 aliphatic carbocycles. The van der Waals surface area contributed by atoms with Crippen LogP contribution in [0.25, 0.3) is 0 Å². The van der Waals surface area contributed by atoms with E-state index < -0.39 is 5.41 Å². The summed E-state index contributed by atoms with van der Waals surface area (Å²) in [6, 6.07) is 3.18. The number of ether oxygens (including phenoxy) is 1. The van der Waals surface area contributed by atoms with Crippen LogP contribution < -0.4 is 5.56 Å². The Bertz CT molecular complexity index is 735. The number of nitrogens with one attached hydrogen (secondary N) is 1. The van der Waals surface area contributed by atoms with Gasteiger partial charge < -0.3 is 19.5 Å². The number of H-pyrrole nitrogens is 1. The lowest BCUT2D eigenvalue weighted by Gasteiger charge is -2.44. The molecule has 3 fully saturated rings. The maximum Gasteiger partial charge on any atom is 0.255 e. The molecule has 3 aliphatic rings. The molecule has 0 aromatic carbocycles. The lowest BCUT2D eigenvalue weighted by molar-refractivity contribution is -0.150. The summed E-state index contributed by atoms with van der Waals surface area (Å²) in [4.78, 5) is 43.6. The molecule has 140 valence electrons. The smallest absolute Gasteiger partial charge is 0.255 e. The number of nitrogens with zero attached hydrogens (tertiary/aromatic N) is 2. The highest BCUT2D eigenvalue weighted by molar-refractivity contribution is 5.95. The van der Waals surface area contributed by atoms with Crippen LogP contribution in [0.3, 0.4) is 0 Å². The summed E-state index contributed by atoms with van der Waals surface area (Å²) in [6.07, 6.45) is 5.82. The van der Waals surface area contributed by atoms with Crippen LogP contribution in [0, 0.1) is 5.41 Å². The number of aromatic nitrogens is 1. The third kappa shape index (κ3) is 3.05. The maximum absolute atomic E-state index is 13.3. The van der Waals surface area contributed by atoms with E-state index in [4.69, 9.17) is 4.74 Å². The van der Waals surface area contributed by atoms with Crippen molar-refractivity contribution in [3.63, 3.8) is 0 Å². The minimum absolute atomic E-state index is 0.117. The van der Waals surface area contributed by atoms with Gasteiger partial charge in [-0.2, -0.15) is 0 Å². The van der Waals surface area contributed by atoms with Crippen LogP contribution in [0.1, 0.15) is 42.5 Å². The molecule has 7 nitrogen and oxygen atoms in total. The summed E-state index contributed by atoms with van der Waals surface area (Å²) in [6.45, 7) is 3.32. The van der Waals surface area contributed by atoms with Crippen molar-refractivity contribution in [1.82, 2.24) is 14.8 Å². The second kappa shape index (κ2) is 6.87. The SMILES string of the molecule is O=C(c1ccc(=O)[nH]c1)N1CC[C@@]2(CCCN(C3CCOCC3)C2=O)C1. The Morgan fingerprint density at radius 3 is 2.69 bits per heavy atom. The molecular formula is C19H25N3O4. The summed E-state index contributed by atoms with van der Waals surface area (Å²) in [5, 5.41) is 0. The van der Waals surface area contributed by atoms with E-state index in [1.807, 2.05) is 0 Å². The number of hydrogen-bond acceptors (Lipinski definition) is 4. The summed E-state index contributed by atoms with van der Waals surface area (Å²) in [7, 11) is 0. The van der Waals surface area contributed by atoms with Crippen LogP contribution in [-0.4, -0.2) is 65.5 Å². The van der Waals surface area contributed by atoms with Gasteiger partial charge in [-0.05, 0) is 38.2 Å². The Labute approximate surface area is 152 Å². The van der Waals surface area contributed by atoms with Crippen molar-refractivity contribution in [1.29, 1.82) is 0 Å². The number of likely N-dealkylation sites (tertiary alicyclic amines) is 2. The predicted octanol–water partition coefficient (Wildman–Crippen LogP) is 1.01. The van der Waals surface area contributed by atoms with Crippen LogP contribution >= 0.6 is 0 Å². The van der Waals surface area contributed by atoms with Crippen molar-refractivity contribution in [2.45, 2.75) is 38.1 Å². The Morgan fingerprint density at radius 2 is 1.96 bits per heavy atom. The molecular weight excluding hydrogens is 334 g/mol. The molecule has 1 aromatic heterocycles. The van der Waals surface area contributed by atoms with Crippen LogP contribution in [0.2, 0.25) is 0 Å². The minimum Gasteiger partial charge on any atom is -0.381 e. The van der Waals surface area contributed by atoms with Crippen molar-refractivity contribution in [2.24, 2.45) is 5.41 Å². The lowest BCUT2D eigenvalue weighted by atomic mass is 9.77. The van der Waals surface area contributed by atoms with Gasteiger partial charge in [0.25, 0.3) is 5.91 Å². The fourth-order valence-corrected chi connectivity index (χ4v) is 4.60.